The summed E-state index contributed by atoms with van der Waals surface area (Å²) in [5, 5.41) is 13.3. The third kappa shape index (κ3) is 4.68. The van der Waals surface area contributed by atoms with E-state index >= 15 is 0 Å². The van der Waals surface area contributed by atoms with Gasteiger partial charge >= 0.3 is 6.09 Å². The lowest BCUT2D eigenvalue weighted by Gasteiger charge is -2.09. The molecule has 0 aliphatic carbocycles. The first-order chi connectivity index (χ1) is 14.5. The van der Waals surface area contributed by atoms with Crippen LogP contribution in [0.2, 0.25) is 0 Å². The Morgan fingerprint density at radius 3 is 2.70 bits per heavy atom. The number of hydrogen-bond acceptors (Lipinski definition) is 5. The van der Waals surface area contributed by atoms with Crippen LogP contribution >= 0.6 is 15.9 Å². The van der Waals surface area contributed by atoms with Gasteiger partial charge in [-0.05, 0) is 51.2 Å². The lowest BCUT2D eigenvalue weighted by atomic mass is 10.0. The first-order valence-electron chi connectivity index (χ1n) is 9.37. The summed E-state index contributed by atoms with van der Waals surface area (Å²) in [7, 11) is 0. The minimum absolute atomic E-state index is 0.241. The molecule has 1 N–H and O–H groups in total. The first kappa shape index (κ1) is 20.1. The van der Waals surface area contributed by atoms with Crippen molar-refractivity contribution >= 4 is 22.0 Å². The van der Waals surface area contributed by atoms with E-state index in [4.69, 9.17) is 9.84 Å². The summed E-state index contributed by atoms with van der Waals surface area (Å²) in [4.78, 5) is 29.1. The Kier molecular flexibility index (Phi) is 5.80. The van der Waals surface area contributed by atoms with Crippen LogP contribution in [0.25, 0.3) is 0 Å². The molecule has 8 nitrogen and oxygen atoms in total. The Balaban J connectivity index is 1.35. The predicted molar refractivity (Wildman–Crippen MR) is 112 cm³/mol. The number of rotatable bonds is 6. The van der Waals surface area contributed by atoms with Gasteiger partial charge in [0.1, 0.15) is 12.4 Å². The maximum Gasteiger partial charge on any atom is 0.407 e. The van der Waals surface area contributed by atoms with Crippen LogP contribution in [0, 0.1) is 0 Å². The molecule has 0 bridgehead atoms. The van der Waals surface area contributed by atoms with Crippen LogP contribution in [-0.2, 0) is 32.7 Å². The molecule has 0 saturated heterocycles. The van der Waals surface area contributed by atoms with Crippen molar-refractivity contribution in [3.8, 4) is 5.75 Å². The van der Waals surface area contributed by atoms with Gasteiger partial charge in [0.2, 0.25) is 0 Å². The highest BCUT2D eigenvalue weighted by atomic mass is 79.9. The number of halogens is 1. The Bertz CT molecular complexity index is 1130. The minimum atomic E-state index is -0.915. The highest BCUT2D eigenvalue weighted by molar-refractivity contribution is 9.10. The summed E-state index contributed by atoms with van der Waals surface area (Å²) in [5.41, 5.74) is 3.59. The second-order valence-electron chi connectivity index (χ2n) is 7.00. The Hall–Kier alpha value is -3.20. The third-order valence-electron chi connectivity index (χ3n) is 4.90. The molecule has 9 heteroatoms. The molecule has 0 saturated carbocycles. The number of carbonyl (C=O) groups is 1. The molecule has 1 aliphatic rings. The second-order valence-corrected chi connectivity index (χ2v) is 7.92. The van der Waals surface area contributed by atoms with Crippen molar-refractivity contribution < 1.29 is 14.6 Å². The smallest absolute Gasteiger partial charge is 0.407 e. The molecule has 3 heterocycles. The maximum atomic E-state index is 12.3. The van der Waals surface area contributed by atoms with Crippen LogP contribution in [0.5, 0.6) is 5.75 Å². The summed E-state index contributed by atoms with van der Waals surface area (Å²) in [5.74, 6) is 0.396. The predicted octanol–water partition coefficient (Wildman–Crippen LogP) is 3.22. The molecule has 0 unspecified atom stereocenters. The molecule has 30 heavy (non-hydrogen) atoms. The third-order valence-corrected chi connectivity index (χ3v) is 5.36. The van der Waals surface area contributed by atoms with E-state index in [0.29, 0.717) is 31.8 Å². The number of pyridine rings is 1. The summed E-state index contributed by atoms with van der Waals surface area (Å²) >= 11 is 3.33. The average Bonchev–Trinajstić information content (AvgIpc) is 3.16. The number of benzene rings is 1. The fourth-order valence-corrected chi connectivity index (χ4v) is 3.52. The molecule has 3 aromatic rings. The van der Waals surface area contributed by atoms with Crippen LogP contribution in [0.1, 0.15) is 22.4 Å². The Labute approximate surface area is 180 Å². The van der Waals surface area contributed by atoms with Crippen molar-refractivity contribution in [3.05, 3.63) is 86.0 Å². The van der Waals surface area contributed by atoms with E-state index < -0.39 is 6.09 Å². The lowest BCUT2D eigenvalue weighted by Crippen LogP contribution is -2.23. The quantitative estimate of drug-likeness (QED) is 0.593. The second kappa shape index (κ2) is 8.66. The molecule has 0 radical (unpaired) electrons. The largest absolute Gasteiger partial charge is 0.485 e. The molecule has 154 valence electrons. The van der Waals surface area contributed by atoms with Gasteiger partial charge in [-0.3, -0.25) is 14.7 Å². The molecule has 2 aromatic heterocycles. The number of nitrogens with zero attached hydrogens (tertiary/aromatic N) is 4. The van der Waals surface area contributed by atoms with E-state index in [1.807, 2.05) is 30.3 Å². The summed E-state index contributed by atoms with van der Waals surface area (Å²) in [6.07, 6.45) is 2.92. The monoisotopic (exact) mass is 470 g/mol. The van der Waals surface area contributed by atoms with Crippen LogP contribution in [0.4, 0.5) is 4.79 Å². The molecule has 4 rings (SSSR count). The molecular formula is C21H19BrN4O4. The Morgan fingerprint density at radius 2 is 1.97 bits per heavy atom. The van der Waals surface area contributed by atoms with Crippen molar-refractivity contribution in [2.75, 3.05) is 0 Å². The number of carboxylic acid groups (broad SMARTS) is 1. The van der Waals surface area contributed by atoms with E-state index in [-0.39, 0.29) is 12.2 Å². The van der Waals surface area contributed by atoms with Gasteiger partial charge in [-0.2, -0.15) is 5.10 Å². The van der Waals surface area contributed by atoms with E-state index in [0.717, 1.165) is 26.9 Å². The molecule has 0 spiro atoms. The van der Waals surface area contributed by atoms with Gasteiger partial charge in [0, 0.05) is 36.4 Å². The average molecular weight is 471 g/mol. The van der Waals surface area contributed by atoms with Gasteiger partial charge in [0.15, 0.2) is 0 Å². The van der Waals surface area contributed by atoms with Gasteiger partial charge in [-0.1, -0.05) is 18.2 Å². The van der Waals surface area contributed by atoms with Gasteiger partial charge in [-0.15, -0.1) is 0 Å². The van der Waals surface area contributed by atoms with E-state index in [9.17, 15) is 9.59 Å². The number of amides is 1. The van der Waals surface area contributed by atoms with E-state index in [2.05, 4.69) is 26.0 Å². The summed E-state index contributed by atoms with van der Waals surface area (Å²) in [6.45, 7) is 1.49. The number of hydrogen-bond donors (Lipinski definition) is 1. The number of aromatic nitrogens is 3. The molecule has 1 aromatic carbocycles. The fourth-order valence-electron chi connectivity index (χ4n) is 3.29. The Morgan fingerprint density at radius 1 is 1.13 bits per heavy atom. The van der Waals surface area contributed by atoms with Gasteiger partial charge in [-0.25, -0.2) is 9.48 Å². The van der Waals surface area contributed by atoms with Crippen LogP contribution in [0.15, 0.2) is 58.1 Å². The zero-order valence-corrected chi connectivity index (χ0v) is 17.6. The topological polar surface area (TPSA) is 97.6 Å². The molecular weight excluding hydrogens is 452 g/mol. The maximum absolute atomic E-state index is 12.3. The van der Waals surface area contributed by atoms with Gasteiger partial charge in [0.25, 0.3) is 5.56 Å². The number of ether oxygens (including phenoxy) is 1. The SMILES string of the molecule is O=C(O)N1Cc2ccc(CCn3ncc(OCc4ccc(Br)cn4)cc3=O)cc2C1. The standard InChI is InChI=1S/C21H19BrN4O4/c22-17-3-4-18(23-9-17)13-30-19-8-20(27)26(24-10-19)6-5-14-1-2-15-11-25(21(28)29)12-16(15)7-14/h1-4,7-10H,5-6,11-13H2,(H,28,29). The van der Waals surface area contributed by atoms with Crippen molar-refractivity contribution in [1.29, 1.82) is 0 Å². The fraction of sp³-hybridized carbons (Fsp3) is 0.238. The molecule has 1 aliphatic heterocycles. The molecule has 0 atom stereocenters. The number of aryl methyl sites for hydroxylation is 2. The van der Waals surface area contributed by atoms with Gasteiger partial charge < -0.3 is 9.84 Å². The lowest BCUT2D eigenvalue weighted by molar-refractivity contribution is 0.145. The number of fused-ring (bicyclic) bond motifs is 1. The zero-order chi connectivity index (χ0) is 21.1. The van der Waals surface area contributed by atoms with Crippen LogP contribution in [-0.4, -0.2) is 30.9 Å². The van der Waals surface area contributed by atoms with Crippen molar-refractivity contribution in [1.82, 2.24) is 19.7 Å². The normalized spacial score (nSPS) is 12.6. The van der Waals surface area contributed by atoms with Crippen LogP contribution < -0.4 is 10.3 Å². The highest BCUT2D eigenvalue weighted by Crippen LogP contribution is 2.24. The summed E-state index contributed by atoms with van der Waals surface area (Å²) < 4.78 is 7.88. The van der Waals surface area contributed by atoms with Crippen molar-refractivity contribution in [2.24, 2.45) is 0 Å². The molecule has 0 fully saturated rings. The van der Waals surface area contributed by atoms with Crippen LogP contribution in [0.3, 0.4) is 0 Å². The van der Waals surface area contributed by atoms with Gasteiger partial charge in [0.05, 0.1) is 11.9 Å². The minimum Gasteiger partial charge on any atom is -0.485 e. The summed E-state index contributed by atoms with van der Waals surface area (Å²) in [6, 6.07) is 11.1. The highest BCUT2D eigenvalue weighted by Gasteiger charge is 2.22. The first-order valence-corrected chi connectivity index (χ1v) is 10.2. The zero-order valence-electron chi connectivity index (χ0n) is 16.0. The van der Waals surface area contributed by atoms with Crippen molar-refractivity contribution in [3.63, 3.8) is 0 Å². The van der Waals surface area contributed by atoms with E-state index in [1.165, 1.54) is 21.8 Å². The van der Waals surface area contributed by atoms with Crippen molar-refractivity contribution in [2.45, 2.75) is 32.7 Å². The van der Waals surface area contributed by atoms with E-state index in [1.54, 1.807) is 6.20 Å². The molecule has 1 amide bonds.